The van der Waals surface area contributed by atoms with Crippen LogP contribution in [-0.4, -0.2) is 24.1 Å². The molecule has 76 valence electrons. The minimum absolute atomic E-state index is 0.221. The SMILES string of the molecule is NCCNC(=O)NCc1ccccn1. The Kier molecular flexibility index (Phi) is 4.43. The van der Waals surface area contributed by atoms with Crippen LogP contribution >= 0.6 is 0 Å². The Labute approximate surface area is 82.7 Å². The first kappa shape index (κ1) is 10.5. The molecule has 0 saturated heterocycles. The normalized spacial score (nSPS) is 9.50. The van der Waals surface area contributed by atoms with Crippen LogP contribution in [0, 0.1) is 0 Å². The first-order valence-electron chi connectivity index (χ1n) is 4.44. The van der Waals surface area contributed by atoms with E-state index in [-0.39, 0.29) is 6.03 Å². The van der Waals surface area contributed by atoms with Crippen molar-refractivity contribution in [2.45, 2.75) is 6.54 Å². The monoisotopic (exact) mass is 194 g/mol. The van der Waals surface area contributed by atoms with Crippen molar-refractivity contribution in [3.05, 3.63) is 30.1 Å². The average molecular weight is 194 g/mol. The number of carbonyl (C=O) groups excluding carboxylic acids is 1. The van der Waals surface area contributed by atoms with Gasteiger partial charge >= 0.3 is 6.03 Å². The molecule has 14 heavy (non-hydrogen) atoms. The summed E-state index contributed by atoms with van der Waals surface area (Å²) in [5, 5.41) is 5.27. The minimum atomic E-state index is -0.221. The first-order valence-corrected chi connectivity index (χ1v) is 4.44. The zero-order valence-electron chi connectivity index (χ0n) is 7.86. The number of amides is 2. The predicted molar refractivity (Wildman–Crippen MR) is 53.5 cm³/mol. The molecular weight excluding hydrogens is 180 g/mol. The minimum Gasteiger partial charge on any atom is -0.337 e. The Morgan fingerprint density at radius 1 is 1.43 bits per heavy atom. The molecule has 0 radical (unpaired) electrons. The Morgan fingerprint density at radius 2 is 2.29 bits per heavy atom. The fourth-order valence-electron chi connectivity index (χ4n) is 0.922. The van der Waals surface area contributed by atoms with Gasteiger partial charge in [0, 0.05) is 19.3 Å². The molecule has 0 aliphatic heterocycles. The molecule has 0 saturated carbocycles. The van der Waals surface area contributed by atoms with Gasteiger partial charge in [-0.15, -0.1) is 0 Å². The van der Waals surface area contributed by atoms with Gasteiger partial charge in [0.25, 0.3) is 0 Å². The summed E-state index contributed by atoms with van der Waals surface area (Å²) in [6.07, 6.45) is 1.69. The van der Waals surface area contributed by atoms with Gasteiger partial charge in [-0.05, 0) is 12.1 Å². The van der Waals surface area contributed by atoms with E-state index in [1.165, 1.54) is 0 Å². The first-order chi connectivity index (χ1) is 6.83. The van der Waals surface area contributed by atoms with Gasteiger partial charge in [0.05, 0.1) is 12.2 Å². The van der Waals surface area contributed by atoms with Crippen LogP contribution in [0.25, 0.3) is 0 Å². The van der Waals surface area contributed by atoms with Crippen LogP contribution in [0.1, 0.15) is 5.69 Å². The van der Waals surface area contributed by atoms with Crippen LogP contribution in [0.4, 0.5) is 4.79 Å². The van der Waals surface area contributed by atoms with Gasteiger partial charge in [-0.25, -0.2) is 4.79 Å². The van der Waals surface area contributed by atoms with E-state index in [9.17, 15) is 4.79 Å². The largest absolute Gasteiger partial charge is 0.337 e. The average Bonchev–Trinajstić information content (AvgIpc) is 2.25. The van der Waals surface area contributed by atoms with Gasteiger partial charge < -0.3 is 16.4 Å². The summed E-state index contributed by atoms with van der Waals surface area (Å²) in [5.41, 5.74) is 6.06. The smallest absolute Gasteiger partial charge is 0.315 e. The van der Waals surface area contributed by atoms with Gasteiger partial charge in [0.1, 0.15) is 0 Å². The molecule has 1 heterocycles. The van der Waals surface area contributed by atoms with E-state index < -0.39 is 0 Å². The number of nitrogens with zero attached hydrogens (tertiary/aromatic N) is 1. The molecule has 5 heteroatoms. The van der Waals surface area contributed by atoms with E-state index in [0.29, 0.717) is 19.6 Å². The molecule has 0 fully saturated rings. The van der Waals surface area contributed by atoms with Gasteiger partial charge in [0.15, 0.2) is 0 Å². The van der Waals surface area contributed by atoms with Crippen LogP contribution in [-0.2, 0) is 6.54 Å². The highest BCUT2D eigenvalue weighted by atomic mass is 16.2. The molecule has 0 spiro atoms. The lowest BCUT2D eigenvalue weighted by Gasteiger charge is -2.05. The second-order valence-corrected chi connectivity index (χ2v) is 2.72. The van der Waals surface area contributed by atoms with E-state index in [1.807, 2.05) is 18.2 Å². The van der Waals surface area contributed by atoms with Crippen LogP contribution in [0.3, 0.4) is 0 Å². The molecule has 0 atom stereocenters. The number of hydrogen-bond donors (Lipinski definition) is 3. The molecule has 1 aromatic heterocycles. The summed E-state index contributed by atoms with van der Waals surface area (Å²) in [7, 11) is 0. The number of hydrogen-bond acceptors (Lipinski definition) is 3. The third-order valence-corrected chi connectivity index (χ3v) is 1.59. The van der Waals surface area contributed by atoms with Gasteiger partial charge in [-0.3, -0.25) is 4.98 Å². The predicted octanol–water partition coefficient (Wildman–Crippen LogP) is -0.160. The molecule has 0 aliphatic rings. The maximum absolute atomic E-state index is 11.1. The third kappa shape index (κ3) is 3.86. The second kappa shape index (κ2) is 5.93. The zero-order chi connectivity index (χ0) is 10.2. The van der Waals surface area contributed by atoms with Crippen molar-refractivity contribution in [1.29, 1.82) is 0 Å². The summed E-state index contributed by atoms with van der Waals surface area (Å²) in [6, 6.07) is 5.34. The molecule has 0 unspecified atom stereocenters. The number of rotatable bonds is 4. The van der Waals surface area contributed by atoms with E-state index in [0.717, 1.165) is 5.69 Å². The Morgan fingerprint density at radius 3 is 2.93 bits per heavy atom. The lowest BCUT2D eigenvalue weighted by atomic mass is 10.3. The standard InChI is InChI=1S/C9H14N4O/c10-4-6-12-9(14)13-7-8-3-1-2-5-11-8/h1-3,5H,4,6-7,10H2,(H2,12,13,14). The maximum atomic E-state index is 11.1. The fourth-order valence-corrected chi connectivity index (χ4v) is 0.922. The quantitative estimate of drug-likeness (QED) is 0.623. The Hall–Kier alpha value is -1.62. The summed E-state index contributed by atoms with van der Waals surface area (Å²) >= 11 is 0. The fraction of sp³-hybridized carbons (Fsp3) is 0.333. The number of nitrogens with one attached hydrogen (secondary N) is 2. The third-order valence-electron chi connectivity index (χ3n) is 1.59. The summed E-state index contributed by atoms with van der Waals surface area (Å²) in [4.78, 5) is 15.1. The highest BCUT2D eigenvalue weighted by Gasteiger charge is 1.98. The zero-order valence-corrected chi connectivity index (χ0v) is 7.86. The summed E-state index contributed by atoms with van der Waals surface area (Å²) in [6.45, 7) is 1.35. The van der Waals surface area contributed by atoms with E-state index in [4.69, 9.17) is 5.73 Å². The number of urea groups is 1. The number of nitrogens with two attached hydrogens (primary N) is 1. The Bertz CT molecular complexity index is 275. The highest BCUT2D eigenvalue weighted by Crippen LogP contribution is 1.91. The van der Waals surface area contributed by atoms with Gasteiger partial charge in [-0.2, -0.15) is 0 Å². The van der Waals surface area contributed by atoms with Crippen LogP contribution in [0.2, 0.25) is 0 Å². The molecule has 1 rings (SSSR count). The lowest BCUT2D eigenvalue weighted by Crippen LogP contribution is -2.37. The van der Waals surface area contributed by atoms with Crippen molar-refractivity contribution in [2.24, 2.45) is 5.73 Å². The van der Waals surface area contributed by atoms with Crippen molar-refractivity contribution in [2.75, 3.05) is 13.1 Å². The molecule has 1 aromatic rings. The number of carbonyl (C=O) groups is 1. The van der Waals surface area contributed by atoms with Crippen molar-refractivity contribution in [1.82, 2.24) is 15.6 Å². The van der Waals surface area contributed by atoms with E-state index in [2.05, 4.69) is 15.6 Å². The van der Waals surface area contributed by atoms with Crippen molar-refractivity contribution >= 4 is 6.03 Å². The second-order valence-electron chi connectivity index (χ2n) is 2.72. The molecule has 0 aromatic carbocycles. The summed E-state index contributed by atoms with van der Waals surface area (Å²) < 4.78 is 0. The summed E-state index contributed by atoms with van der Waals surface area (Å²) in [5.74, 6) is 0. The molecule has 4 N–H and O–H groups in total. The van der Waals surface area contributed by atoms with Crippen LogP contribution in [0.5, 0.6) is 0 Å². The number of pyridine rings is 1. The Balaban J connectivity index is 2.24. The molecular formula is C9H14N4O. The van der Waals surface area contributed by atoms with Gasteiger partial charge in [0.2, 0.25) is 0 Å². The van der Waals surface area contributed by atoms with Crippen molar-refractivity contribution < 1.29 is 4.79 Å². The highest BCUT2D eigenvalue weighted by molar-refractivity contribution is 5.73. The number of aromatic nitrogens is 1. The molecule has 0 bridgehead atoms. The van der Waals surface area contributed by atoms with E-state index in [1.54, 1.807) is 6.20 Å². The topological polar surface area (TPSA) is 80.0 Å². The molecule has 2 amide bonds. The van der Waals surface area contributed by atoms with Crippen LogP contribution < -0.4 is 16.4 Å². The molecule has 0 aliphatic carbocycles. The van der Waals surface area contributed by atoms with E-state index >= 15 is 0 Å². The lowest BCUT2D eigenvalue weighted by molar-refractivity contribution is 0.240. The maximum Gasteiger partial charge on any atom is 0.315 e. The van der Waals surface area contributed by atoms with Crippen molar-refractivity contribution in [3.8, 4) is 0 Å². The van der Waals surface area contributed by atoms with Gasteiger partial charge in [-0.1, -0.05) is 6.07 Å². The van der Waals surface area contributed by atoms with Crippen molar-refractivity contribution in [3.63, 3.8) is 0 Å². The van der Waals surface area contributed by atoms with Crippen LogP contribution in [0.15, 0.2) is 24.4 Å². The molecule has 5 nitrogen and oxygen atoms in total.